The zero-order valence-electron chi connectivity index (χ0n) is 13.2. The van der Waals surface area contributed by atoms with Crippen molar-refractivity contribution in [3.8, 4) is 5.75 Å². The van der Waals surface area contributed by atoms with Gasteiger partial charge in [0.05, 0.1) is 7.11 Å². The Balaban J connectivity index is 1.72. The highest BCUT2D eigenvalue weighted by Crippen LogP contribution is 2.62. The highest BCUT2D eigenvalue weighted by Gasteiger charge is 2.51. The van der Waals surface area contributed by atoms with Gasteiger partial charge < -0.3 is 4.74 Å². The fraction of sp³-hybridized carbons (Fsp3) is 0.600. The van der Waals surface area contributed by atoms with Gasteiger partial charge in [0.2, 0.25) is 0 Å². The Morgan fingerprint density at radius 2 is 2.14 bits per heavy atom. The lowest BCUT2D eigenvalue weighted by molar-refractivity contribution is 0.0816. The number of ether oxygens (including phenoxy) is 1. The molecule has 1 heteroatoms. The SMILES string of the molecule is C=C1CC[C@H]2[C@@H]3CCc4c[c]c(OC)cc4[C@H]3CC[C@]12C. The minimum absolute atomic E-state index is 0.420. The molecule has 21 heavy (non-hydrogen) atoms. The van der Waals surface area contributed by atoms with E-state index in [1.165, 1.54) is 49.7 Å². The maximum absolute atomic E-state index is 5.41. The largest absolute Gasteiger partial charge is 0.496 e. The lowest BCUT2D eigenvalue weighted by Gasteiger charge is -2.49. The van der Waals surface area contributed by atoms with Gasteiger partial charge in [0.15, 0.2) is 0 Å². The molecule has 0 unspecified atom stereocenters. The van der Waals surface area contributed by atoms with Crippen molar-refractivity contribution in [2.75, 3.05) is 7.11 Å². The molecular weight excluding hydrogens is 256 g/mol. The van der Waals surface area contributed by atoms with E-state index in [-0.39, 0.29) is 0 Å². The molecule has 3 aliphatic carbocycles. The number of hydrogen-bond donors (Lipinski definition) is 0. The predicted octanol–water partition coefficient (Wildman–Crippen LogP) is 4.91. The van der Waals surface area contributed by atoms with Crippen LogP contribution in [0.1, 0.15) is 56.1 Å². The molecule has 0 amide bonds. The summed E-state index contributed by atoms with van der Waals surface area (Å²) in [6.45, 7) is 6.88. The fourth-order valence-electron chi connectivity index (χ4n) is 5.50. The molecule has 111 valence electrons. The molecule has 1 aromatic carbocycles. The minimum Gasteiger partial charge on any atom is -0.496 e. The van der Waals surface area contributed by atoms with Crippen molar-refractivity contribution in [3.05, 3.63) is 41.5 Å². The zero-order valence-corrected chi connectivity index (χ0v) is 13.2. The van der Waals surface area contributed by atoms with E-state index in [1.54, 1.807) is 12.7 Å². The van der Waals surface area contributed by atoms with Gasteiger partial charge in [-0.15, -0.1) is 0 Å². The maximum atomic E-state index is 5.41. The number of fused-ring (bicyclic) bond motifs is 5. The molecule has 0 spiro atoms. The van der Waals surface area contributed by atoms with Crippen molar-refractivity contribution in [2.24, 2.45) is 17.3 Å². The van der Waals surface area contributed by atoms with Crippen LogP contribution in [0.4, 0.5) is 0 Å². The summed E-state index contributed by atoms with van der Waals surface area (Å²) in [5, 5.41) is 0. The summed E-state index contributed by atoms with van der Waals surface area (Å²) in [6.07, 6.45) is 7.82. The van der Waals surface area contributed by atoms with Crippen molar-refractivity contribution >= 4 is 0 Å². The molecule has 1 aromatic rings. The number of benzene rings is 1. The van der Waals surface area contributed by atoms with E-state index < -0.39 is 0 Å². The number of methoxy groups -OCH3 is 1. The van der Waals surface area contributed by atoms with Gasteiger partial charge >= 0.3 is 0 Å². The third kappa shape index (κ3) is 1.82. The van der Waals surface area contributed by atoms with Gasteiger partial charge in [-0.1, -0.05) is 19.1 Å². The van der Waals surface area contributed by atoms with Crippen LogP contribution in [-0.2, 0) is 6.42 Å². The fourth-order valence-corrected chi connectivity index (χ4v) is 5.50. The molecule has 4 rings (SSSR count). The second kappa shape index (κ2) is 4.63. The summed E-state index contributed by atoms with van der Waals surface area (Å²) in [5.74, 6) is 3.34. The normalized spacial score (nSPS) is 37.6. The molecule has 0 saturated heterocycles. The van der Waals surface area contributed by atoms with Crippen LogP contribution in [-0.4, -0.2) is 7.11 Å². The van der Waals surface area contributed by atoms with E-state index in [4.69, 9.17) is 4.74 Å². The van der Waals surface area contributed by atoms with Gasteiger partial charge in [-0.2, -0.15) is 0 Å². The maximum Gasteiger partial charge on any atom is 0.127 e. The molecule has 0 N–H and O–H groups in total. The first-order chi connectivity index (χ1) is 10.1. The van der Waals surface area contributed by atoms with E-state index in [0.29, 0.717) is 5.41 Å². The molecule has 1 radical (unpaired) electrons. The Kier molecular flexibility index (Phi) is 2.96. The van der Waals surface area contributed by atoms with Crippen LogP contribution in [0.15, 0.2) is 24.3 Å². The molecule has 0 aromatic heterocycles. The third-order valence-corrected chi connectivity index (χ3v) is 6.80. The molecule has 1 nitrogen and oxygen atoms in total. The van der Waals surface area contributed by atoms with E-state index in [9.17, 15) is 0 Å². The first kappa shape index (κ1) is 13.4. The number of hydrogen-bond acceptors (Lipinski definition) is 1. The van der Waals surface area contributed by atoms with Crippen LogP contribution >= 0.6 is 0 Å². The van der Waals surface area contributed by atoms with Gasteiger partial charge in [-0.3, -0.25) is 0 Å². The quantitative estimate of drug-likeness (QED) is 0.665. The lowest BCUT2D eigenvalue weighted by Crippen LogP contribution is -2.40. The van der Waals surface area contributed by atoms with Crippen molar-refractivity contribution in [1.29, 1.82) is 0 Å². The molecular formula is C20H25O. The highest BCUT2D eigenvalue weighted by atomic mass is 16.5. The van der Waals surface area contributed by atoms with Crippen molar-refractivity contribution in [2.45, 2.75) is 51.4 Å². The minimum atomic E-state index is 0.420. The zero-order chi connectivity index (χ0) is 14.6. The van der Waals surface area contributed by atoms with E-state index in [2.05, 4.69) is 31.7 Å². The average Bonchev–Trinajstić information content (AvgIpc) is 2.82. The van der Waals surface area contributed by atoms with Crippen molar-refractivity contribution < 1.29 is 4.74 Å². The van der Waals surface area contributed by atoms with Gasteiger partial charge in [-0.05, 0) is 85.0 Å². The predicted molar refractivity (Wildman–Crippen MR) is 85.6 cm³/mol. The molecule has 0 aliphatic heterocycles. The Morgan fingerprint density at radius 1 is 1.29 bits per heavy atom. The number of aryl methyl sites for hydroxylation is 1. The first-order valence-corrected chi connectivity index (χ1v) is 8.40. The Hall–Kier alpha value is -1.24. The van der Waals surface area contributed by atoms with Crippen molar-refractivity contribution in [3.63, 3.8) is 0 Å². The van der Waals surface area contributed by atoms with Crippen LogP contribution in [0.25, 0.3) is 0 Å². The average molecular weight is 281 g/mol. The summed E-state index contributed by atoms with van der Waals surface area (Å²) in [7, 11) is 1.75. The summed E-state index contributed by atoms with van der Waals surface area (Å²) < 4.78 is 5.41. The van der Waals surface area contributed by atoms with Crippen LogP contribution in [0.3, 0.4) is 0 Å². The standard InChI is InChI=1S/C20H25O/c1-13-4-9-19-17-8-6-14-5-7-15(21-3)12-18(14)16(17)10-11-20(13,19)2/h5,12,16-17,19H,1,4,6,8-11H2,2-3H3/t16-,17+,19-,20+/m0/s1. The highest BCUT2D eigenvalue weighted by molar-refractivity contribution is 5.40. The molecule has 2 saturated carbocycles. The monoisotopic (exact) mass is 281 g/mol. The summed E-state index contributed by atoms with van der Waals surface area (Å²) in [5.41, 5.74) is 5.01. The van der Waals surface area contributed by atoms with E-state index >= 15 is 0 Å². The second-order valence-electron chi connectivity index (χ2n) is 7.50. The van der Waals surface area contributed by atoms with Gasteiger partial charge in [0.25, 0.3) is 0 Å². The van der Waals surface area contributed by atoms with Crippen LogP contribution in [0.5, 0.6) is 5.75 Å². The van der Waals surface area contributed by atoms with Gasteiger partial charge in [0.1, 0.15) is 5.75 Å². The van der Waals surface area contributed by atoms with E-state index in [0.717, 1.165) is 23.5 Å². The van der Waals surface area contributed by atoms with Crippen LogP contribution < -0.4 is 4.74 Å². The molecule has 0 bridgehead atoms. The Bertz CT molecular complexity index is 588. The summed E-state index contributed by atoms with van der Waals surface area (Å²) >= 11 is 0. The van der Waals surface area contributed by atoms with E-state index in [1.807, 2.05) is 0 Å². The topological polar surface area (TPSA) is 9.23 Å². The molecule has 3 aliphatic rings. The third-order valence-electron chi connectivity index (χ3n) is 6.80. The summed E-state index contributed by atoms with van der Waals surface area (Å²) in [4.78, 5) is 0. The first-order valence-electron chi connectivity index (χ1n) is 8.40. The van der Waals surface area contributed by atoms with Crippen LogP contribution in [0.2, 0.25) is 0 Å². The molecule has 2 fully saturated rings. The lowest BCUT2D eigenvalue weighted by atomic mass is 9.55. The Morgan fingerprint density at radius 3 is 2.95 bits per heavy atom. The van der Waals surface area contributed by atoms with Crippen molar-refractivity contribution in [1.82, 2.24) is 0 Å². The second-order valence-corrected chi connectivity index (χ2v) is 7.50. The molecule has 0 heterocycles. The molecule has 4 atom stereocenters. The number of rotatable bonds is 1. The Labute approximate surface area is 128 Å². The van der Waals surface area contributed by atoms with Crippen LogP contribution in [0, 0.1) is 23.3 Å². The summed E-state index contributed by atoms with van der Waals surface area (Å²) in [6, 6.07) is 7.70. The van der Waals surface area contributed by atoms with Gasteiger partial charge in [-0.25, -0.2) is 0 Å². The van der Waals surface area contributed by atoms with Gasteiger partial charge in [0, 0.05) is 6.07 Å². The smallest absolute Gasteiger partial charge is 0.127 e. The number of allylic oxidation sites excluding steroid dienone is 1.